The van der Waals surface area contributed by atoms with Crippen LogP contribution in [0.15, 0.2) is 43.1 Å². The molecule has 0 fully saturated rings. The van der Waals surface area contributed by atoms with E-state index in [1.807, 2.05) is 46.1 Å². The maximum absolute atomic E-state index is 10.5. The van der Waals surface area contributed by atoms with Gasteiger partial charge in [0.25, 0.3) is 0 Å². The van der Waals surface area contributed by atoms with E-state index in [-0.39, 0.29) is 5.75 Å². The number of aryl methyl sites for hydroxylation is 3. The smallest absolute Gasteiger partial charge is 0.243 e. The van der Waals surface area contributed by atoms with E-state index < -0.39 is 10.1 Å². The molecule has 0 radical (unpaired) electrons. The van der Waals surface area contributed by atoms with Gasteiger partial charge in [-0.15, -0.1) is 0 Å². The minimum Gasteiger partial charge on any atom is -0.748 e. The van der Waals surface area contributed by atoms with E-state index >= 15 is 0 Å². The summed E-state index contributed by atoms with van der Waals surface area (Å²) in [7, 11) is -4.11. The minimum absolute atomic E-state index is 0.320. The topological polar surface area (TPSA) is 78.9 Å². The van der Waals surface area contributed by atoms with Crippen molar-refractivity contribution < 1.29 is 17.5 Å². The highest BCUT2D eigenvalue weighted by Crippen LogP contribution is 1.97. The molecule has 6 nitrogen and oxygen atoms in total. The summed E-state index contributed by atoms with van der Waals surface area (Å²) in [6, 6.07) is 5.83. The van der Waals surface area contributed by atoms with Crippen molar-refractivity contribution in [2.24, 2.45) is 0 Å². The van der Waals surface area contributed by atoms with Gasteiger partial charge >= 0.3 is 0 Å². The third-order valence-corrected chi connectivity index (χ3v) is 3.70. The minimum atomic E-state index is -4.11. The first kappa shape index (κ1) is 14.7. The van der Waals surface area contributed by atoms with Gasteiger partial charge in [-0.2, -0.15) is 0 Å². The summed E-state index contributed by atoms with van der Waals surface area (Å²) in [5.41, 5.74) is 1.03. The number of hydrogen-bond donors (Lipinski definition) is 0. The van der Waals surface area contributed by atoms with E-state index in [2.05, 4.69) is 4.98 Å². The van der Waals surface area contributed by atoms with Gasteiger partial charge in [0.15, 0.2) is 0 Å². The van der Waals surface area contributed by atoms with Gasteiger partial charge in [0.05, 0.1) is 23.2 Å². The lowest BCUT2D eigenvalue weighted by molar-refractivity contribution is -0.696. The fourth-order valence-corrected chi connectivity index (χ4v) is 2.40. The SMILES string of the molecule is O=S(=O)([O-])CCC[n+]1ccn(CCc2ccccn2)c1. The van der Waals surface area contributed by atoms with Crippen molar-refractivity contribution in [1.82, 2.24) is 9.55 Å². The molecule has 0 unspecified atom stereocenters. The Morgan fingerprint density at radius 3 is 2.90 bits per heavy atom. The van der Waals surface area contributed by atoms with Crippen LogP contribution in [0.1, 0.15) is 12.1 Å². The highest BCUT2D eigenvalue weighted by atomic mass is 32.2. The molecule has 0 spiro atoms. The molecule has 2 rings (SSSR count). The Labute approximate surface area is 118 Å². The summed E-state index contributed by atoms with van der Waals surface area (Å²) in [6.45, 7) is 1.34. The molecule has 0 aliphatic heterocycles. The molecule has 20 heavy (non-hydrogen) atoms. The first-order valence-electron chi connectivity index (χ1n) is 6.41. The molecule has 7 heteroatoms. The zero-order valence-corrected chi connectivity index (χ0v) is 11.9. The van der Waals surface area contributed by atoms with Gasteiger partial charge in [-0.25, -0.2) is 17.6 Å². The van der Waals surface area contributed by atoms with Crippen LogP contribution in [-0.4, -0.2) is 28.3 Å². The van der Waals surface area contributed by atoms with E-state index in [9.17, 15) is 13.0 Å². The number of aromatic nitrogens is 3. The second-order valence-electron chi connectivity index (χ2n) is 4.58. The van der Waals surface area contributed by atoms with Crippen LogP contribution in [0.2, 0.25) is 0 Å². The number of hydrogen-bond acceptors (Lipinski definition) is 4. The van der Waals surface area contributed by atoms with Crippen molar-refractivity contribution in [1.29, 1.82) is 0 Å². The first-order valence-corrected chi connectivity index (χ1v) is 7.99. The highest BCUT2D eigenvalue weighted by Gasteiger charge is 2.05. The Hall–Kier alpha value is -1.73. The van der Waals surface area contributed by atoms with Gasteiger partial charge < -0.3 is 4.55 Å². The monoisotopic (exact) mass is 295 g/mol. The zero-order valence-electron chi connectivity index (χ0n) is 11.1. The van der Waals surface area contributed by atoms with Crippen molar-refractivity contribution >= 4 is 10.1 Å². The van der Waals surface area contributed by atoms with Gasteiger partial charge in [0.2, 0.25) is 6.33 Å². The normalized spacial score (nSPS) is 11.7. The average Bonchev–Trinajstić information content (AvgIpc) is 2.84. The standard InChI is InChI=1S/C13H17N3O3S/c17-20(18,19)11-3-7-15-9-10-16(12-15)8-5-13-4-1-2-6-14-13/h1-2,4,6,9-10,12H,3,5,7-8,11H2. The lowest BCUT2D eigenvalue weighted by Gasteiger charge is -2.04. The van der Waals surface area contributed by atoms with Gasteiger partial charge in [-0.3, -0.25) is 4.98 Å². The van der Waals surface area contributed by atoms with Crippen LogP contribution in [0.25, 0.3) is 0 Å². The quantitative estimate of drug-likeness (QED) is 0.545. The Morgan fingerprint density at radius 2 is 2.20 bits per heavy atom. The fourth-order valence-electron chi connectivity index (χ4n) is 1.92. The summed E-state index contributed by atoms with van der Waals surface area (Å²) < 4.78 is 35.4. The van der Waals surface area contributed by atoms with Crippen LogP contribution in [0.4, 0.5) is 0 Å². The van der Waals surface area contributed by atoms with Crippen LogP contribution in [-0.2, 0) is 29.6 Å². The van der Waals surface area contributed by atoms with E-state index in [0.29, 0.717) is 13.0 Å². The Bertz CT molecular complexity index is 638. The second kappa shape index (κ2) is 6.62. The lowest BCUT2D eigenvalue weighted by atomic mass is 10.3. The van der Waals surface area contributed by atoms with Gasteiger partial charge in [0.1, 0.15) is 12.4 Å². The van der Waals surface area contributed by atoms with Crippen LogP contribution < -0.4 is 4.57 Å². The number of rotatable bonds is 7. The van der Waals surface area contributed by atoms with Gasteiger partial charge in [-0.05, 0) is 18.6 Å². The molecule has 0 saturated carbocycles. The van der Waals surface area contributed by atoms with Crippen molar-refractivity contribution in [2.75, 3.05) is 5.75 Å². The molecule has 2 aromatic rings. The summed E-state index contributed by atoms with van der Waals surface area (Å²) in [4.78, 5) is 4.26. The molecule has 2 aromatic heterocycles. The van der Waals surface area contributed by atoms with E-state index in [1.165, 1.54) is 0 Å². The third kappa shape index (κ3) is 5.10. The molecule has 0 bridgehead atoms. The van der Waals surface area contributed by atoms with E-state index in [1.54, 1.807) is 6.20 Å². The molecule has 0 saturated heterocycles. The molecular formula is C13H17N3O3S. The van der Waals surface area contributed by atoms with Gasteiger partial charge in [-0.1, -0.05) is 6.07 Å². The maximum atomic E-state index is 10.5. The van der Waals surface area contributed by atoms with Crippen LogP contribution in [0.3, 0.4) is 0 Å². The number of pyridine rings is 1. The van der Waals surface area contributed by atoms with Crippen LogP contribution in [0, 0.1) is 0 Å². The molecule has 0 aliphatic carbocycles. The van der Waals surface area contributed by atoms with E-state index in [4.69, 9.17) is 0 Å². The second-order valence-corrected chi connectivity index (χ2v) is 6.10. The van der Waals surface area contributed by atoms with Gasteiger partial charge in [0, 0.05) is 24.1 Å². The summed E-state index contributed by atoms with van der Waals surface area (Å²) in [6.07, 6.45) is 8.64. The predicted molar refractivity (Wildman–Crippen MR) is 71.7 cm³/mol. The first-order chi connectivity index (χ1) is 9.53. The van der Waals surface area contributed by atoms with Crippen molar-refractivity contribution in [3.05, 3.63) is 48.8 Å². The molecule has 0 N–H and O–H groups in total. The average molecular weight is 295 g/mol. The summed E-state index contributed by atoms with van der Waals surface area (Å²) >= 11 is 0. The zero-order chi connectivity index (χ0) is 14.4. The largest absolute Gasteiger partial charge is 0.748 e. The van der Waals surface area contributed by atoms with Crippen molar-refractivity contribution in [3.8, 4) is 0 Å². The molecule has 108 valence electrons. The molecule has 2 heterocycles. The molecular weight excluding hydrogens is 278 g/mol. The Morgan fingerprint density at radius 1 is 1.35 bits per heavy atom. The molecule has 0 aliphatic rings. The fraction of sp³-hybridized carbons (Fsp3) is 0.385. The number of imidazole rings is 1. The summed E-state index contributed by atoms with van der Waals surface area (Å²) in [5, 5.41) is 0. The third-order valence-electron chi connectivity index (χ3n) is 2.91. The van der Waals surface area contributed by atoms with Crippen LogP contribution in [0.5, 0.6) is 0 Å². The maximum Gasteiger partial charge on any atom is 0.243 e. The molecule has 0 atom stereocenters. The predicted octanol–water partition coefficient (Wildman–Crippen LogP) is 0.349. The number of nitrogens with zero attached hydrogens (tertiary/aromatic N) is 3. The van der Waals surface area contributed by atoms with E-state index in [0.717, 1.165) is 18.7 Å². The van der Waals surface area contributed by atoms with Crippen molar-refractivity contribution in [2.45, 2.75) is 25.9 Å². The summed E-state index contributed by atoms with van der Waals surface area (Å²) in [5.74, 6) is -0.320. The Kier molecular flexibility index (Phi) is 4.86. The lowest BCUT2D eigenvalue weighted by Crippen LogP contribution is -2.32. The van der Waals surface area contributed by atoms with Crippen LogP contribution >= 0.6 is 0 Å². The molecule has 0 aromatic carbocycles. The Balaban J connectivity index is 1.80. The van der Waals surface area contributed by atoms with Crippen molar-refractivity contribution in [3.63, 3.8) is 0 Å². The highest BCUT2D eigenvalue weighted by molar-refractivity contribution is 7.85. The molecule has 0 amide bonds.